The zero-order valence-electron chi connectivity index (χ0n) is 13.7. The van der Waals surface area contributed by atoms with Crippen molar-refractivity contribution in [1.82, 2.24) is 4.98 Å². The summed E-state index contributed by atoms with van der Waals surface area (Å²) in [4.78, 5) is 14.9. The number of aromatic nitrogens is 1. The van der Waals surface area contributed by atoms with Crippen LogP contribution in [0.5, 0.6) is 0 Å². The van der Waals surface area contributed by atoms with Crippen molar-refractivity contribution in [3.63, 3.8) is 0 Å². The van der Waals surface area contributed by atoms with Gasteiger partial charge in [-0.3, -0.25) is 4.79 Å². The van der Waals surface area contributed by atoms with E-state index in [-0.39, 0.29) is 12.0 Å². The van der Waals surface area contributed by atoms with Gasteiger partial charge in [-0.2, -0.15) is 0 Å². The van der Waals surface area contributed by atoms with E-state index in [1.54, 1.807) is 0 Å². The van der Waals surface area contributed by atoms with Crippen molar-refractivity contribution in [2.75, 3.05) is 0 Å². The minimum absolute atomic E-state index is 0.00483. The molecule has 1 heterocycles. The first-order chi connectivity index (χ1) is 10.4. The molecule has 0 fully saturated rings. The molecular weight excluding hydrogens is 276 g/mol. The Balaban J connectivity index is 1.79. The van der Waals surface area contributed by atoms with Gasteiger partial charge in [0, 0.05) is 29.6 Å². The van der Waals surface area contributed by atoms with Gasteiger partial charge in [0.15, 0.2) is 0 Å². The monoisotopic (exact) mass is 302 g/mol. The Hall–Kier alpha value is -1.81. The van der Waals surface area contributed by atoms with E-state index in [0.717, 1.165) is 30.3 Å². The van der Waals surface area contributed by atoms with Crippen molar-refractivity contribution in [2.24, 2.45) is 5.73 Å². The summed E-state index contributed by atoms with van der Waals surface area (Å²) >= 11 is 0. The Labute approximate surface area is 132 Å². The van der Waals surface area contributed by atoms with Crippen LogP contribution in [0.3, 0.4) is 0 Å². The van der Waals surface area contributed by atoms with Gasteiger partial charge in [0.1, 0.15) is 5.60 Å². The molecule has 0 aliphatic heterocycles. The number of esters is 1. The summed E-state index contributed by atoms with van der Waals surface area (Å²) in [5, 5.41) is 1.18. The van der Waals surface area contributed by atoms with Crippen molar-refractivity contribution >= 4 is 16.9 Å². The van der Waals surface area contributed by atoms with E-state index in [1.165, 1.54) is 5.39 Å². The molecule has 22 heavy (non-hydrogen) atoms. The van der Waals surface area contributed by atoms with Crippen molar-refractivity contribution in [1.29, 1.82) is 0 Å². The van der Waals surface area contributed by atoms with Crippen LogP contribution in [-0.4, -0.2) is 16.6 Å². The first-order valence-corrected chi connectivity index (χ1v) is 7.90. The third-order valence-corrected chi connectivity index (χ3v) is 3.59. The molecule has 1 unspecified atom stereocenters. The number of hydrogen-bond acceptors (Lipinski definition) is 3. The molecule has 1 aromatic carbocycles. The highest BCUT2D eigenvalue weighted by Gasteiger charge is 2.16. The number of unbranched alkanes of at least 4 members (excludes halogenated alkanes) is 1. The molecule has 0 radical (unpaired) electrons. The van der Waals surface area contributed by atoms with Crippen molar-refractivity contribution < 1.29 is 9.53 Å². The molecule has 0 saturated carbocycles. The highest BCUT2D eigenvalue weighted by Crippen LogP contribution is 2.25. The van der Waals surface area contributed by atoms with Gasteiger partial charge in [-0.1, -0.05) is 24.6 Å². The van der Waals surface area contributed by atoms with Crippen LogP contribution in [0.25, 0.3) is 10.9 Å². The molecule has 0 amide bonds. The zero-order chi connectivity index (χ0) is 16.2. The van der Waals surface area contributed by atoms with Crippen LogP contribution in [0.1, 0.15) is 58.1 Å². The van der Waals surface area contributed by atoms with E-state index in [1.807, 2.05) is 45.2 Å². The number of rotatable bonds is 6. The molecule has 2 rings (SSSR count). The molecule has 1 atom stereocenters. The minimum Gasteiger partial charge on any atom is -0.460 e. The molecule has 0 aliphatic rings. The minimum atomic E-state index is -0.405. The molecular formula is C18H26N2O2. The van der Waals surface area contributed by atoms with Gasteiger partial charge in [-0.05, 0) is 45.2 Å². The molecule has 0 saturated heterocycles. The second-order valence-corrected chi connectivity index (χ2v) is 6.73. The lowest BCUT2D eigenvalue weighted by atomic mass is 10.0. The molecule has 0 bridgehead atoms. The topological polar surface area (TPSA) is 68.1 Å². The highest BCUT2D eigenvalue weighted by atomic mass is 16.6. The molecule has 2 aromatic rings. The Morgan fingerprint density at radius 2 is 2.00 bits per heavy atom. The van der Waals surface area contributed by atoms with Gasteiger partial charge in [-0.15, -0.1) is 0 Å². The average Bonchev–Trinajstić information content (AvgIpc) is 2.85. The number of nitrogens with one attached hydrogen (secondary N) is 1. The third kappa shape index (κ3) is 4.60. The number of carbonyl (C=O) groups is 1. The van der Waals surface area contributed by atoms with Gasteiger partial charge in [0.2, 0.25) is 0 Å². The van der Waals surface area contributed by atoms with Gasteiger partial charge >= 0.3 is 5.97 Å². The number of carbonyl (C=O) groups excluding carboxylic acids is 1. The lowest BCUT2D eigenvalue weighted by Crippen LogP contribution is -2.23. The number of ether oxygens (including phenoxy) is 1. The summed E-state index contributed by atoms with van der Waals surface area (Å²) in [5.41, 5.74) is 8.14. The van der Waals surface area contributed by atoms with Crippen LogP contribution in [0, 0.1) is 0 Å². The smallest absolute Gasteiger partial charge is 0.306 e. The van der Waals surface area contributed by atoms with E-state index in [0.29, 0.717) is 6.42 Å². The fourth-order valence-corrected chi connectivity index (χ4v) is 2.58. The predicted octanol–water partition coefficient (Wildman–Crippen LogP) is 4.07. The van der Waals surface area contributed by atoms with Crippen molar-refractivity contribution in [3.05, 3.63) is 36.0 Å². The van der Waals surface area contributed by atoms with Gasteiger partial charge in [-0.25, -0.2) is 0 Å². The molecule has 0 aliphatic carbocycles. The Bertz CT molecular complexity index is 625. The summed E-state index contributed by atoms with van der Waals surface area (Å²) in [7, 11) is 0. The van der Waals surface area contributed by atoms with Crippen LogP contribution in [0.2, 0.25) is 0 Å². The second kappa shape index (κ2) is 6.97. The maximum atomic E-state index is 11.6. The number of nitrogens with two attached hydrogens (primary N) is 1. The Morgan fingerprint density at radius 1 is 1.27 bits per heavy atom. The first-order valence-electron chi connectivity index (χ1n) is 7.90. The first kappa shape index (κ1) is 16.6. The normalized spacial score (nSPS) is 13.3. The van der Waals surface area contributed by atoms with Crippen molar-refractivity contribution in [2.45, 2.75) is 58.1 Å². The van der Waals surface area contributed by atoms with Gasteiger partial charge in [0.25, 0.3) is 0 Å². The summed E-state index contributed by atoms with van der Waals surface area (Å²) in [6.07, 6.45) is 5.04. The quantitative estimate of drug-likeness (QED) is 0.624. The SMILES string of the molecule is CC(C)(C)OC(=O)CCCCC(N)c1c[nH]c2ccccc12. The lowest BCUT2D eigenvalue weighted by Gasteiger charge is -2.19. The van der Waals surface area contributed by atoms with Crippen molar-refractivity contribution in [3.8, 4) is 0 Å². The van der Waals surface area contributed by atoms with E-state index in [4.69, 9.17) is 10.5 Å². The van der Waals surface area contributed by atoms with E-state index in [2.05, 4.69) is 11.1 Å². The van der Waals surface area contributed by atoms with Gasteiger partial charge < -0.3 is 15.5 Å². The molecule has 3 N–H and O–H groups in total. The Kier molecular flexibility index (Phi) is 5.24. The second-order valence-electron chi connectivity index (χ2n) is 6.73. The molecule has 0 spiro atoms. The summed E-state index contributed by atoms with van der Waals surface area (Å²) in [5.74, 6) is -0.131. The number of hydrogen-bond donors (Lipinski definition) is 2. The van der Waals surface area contributed by atoms with E-state index >= 15 is 0 Å². The van der Waals surface area contributed by atoms with Gasteiger partial charge in [0.05, 0.1) is 0 Å². The fraction of sp³-hybridized carbons (Fsp3) is 0.500. The molecule has 120 valence electrons. The molecule has 1 aromatic heterocycles. The Morgan fingerprint density at radius 3 is 2.73 bits per heavy atom. The zero-order valence-corrected chi connectivity index (χ0v) is 13.7. The fourth-order valence-electron chi connectivity index (χ4n) is 2.58. The van der Waals surface area contributed by atoms with Crippen LogP contribution in [0.4, 0.5) is 0 Å². The third-order valence-electron chi connectivity index (χ3n) is 3.59. The maximum absolute atomic E-state index is 11.6. The summed E-state index contributed by atoms with van der Waals surface area (Å²) in [6, 6.07) is 8.16. The summed E-state index contributed by atoms with van der Waals surface area (Å²) in [6.45, 7) is 5.66. The van der Waals surface area contributed by atoms with E-state index in [9.17, 15) is 4.79 Å². The molecule has 4 heteroatoms. The predicted molar refractivity (Wildman–Crippen MR) is 89.5 cm³/mol. The number of H-pyrrole nitrogens is 1. The van der Waals surface area contributed by atoms with Crippen LogP contribution < -0.4 is 5.73 Å². The summed E-state index contributed by atoms with van der Waals surface area (Å²) < 4.78 is 5.30. The standard InChI is InChI=1S/C18H26N2O2/c1-18(2,3)22-17(21)11-7-5-9-15(19)14-12-20-16-10-6-4-8-13(14)16/h4,6,8,10,12,15,20H,5,7,9,11,19H2,1-3H3. The maximum Gasteiger partial charge on any atom is 0.306 e. The largest absolute Gasteiger partial charge is 0.460 e. The molecule has 4 nitrogen and oxygen atoms in total. The van der Waals surface area contributed by atoms with Crippen LogP contribution in [-0.2, 0) is 9.53 Å². The van der Waals surface area contributed by atoms with Crippen LogP contribution in [0.15, 0.2) is 30.5 Å². The highest BCUT2D eigenvalue weighted by molar-refractivity contribution is 5.83. The number of fused-ring (bicyclic) bond motifs is 1. The lowest BCUT2D eigenvalue weighted by molar-refractivity contribution is -0.154. The number of para-hydroxylation sites is 1. The number of benzene rings is 1. The van der Waals surface area contributed by atoms with E-state index < -0.39 is 5.60 Å². The van der Waals surface area contributed by atoms with Crippen LogP contribution >= 0.6 is 0 Å². The number of aromatic amines is 1. The average molecular weight is 302 g/mol.